The normalized spacial score (nSPS) is 16.3. The molecule has 2 heterocycles. The van der Waals surface area contributed by atoms with Crippen molar-refractivity contribution in [3.05, 3.63) is 38.7 Å². The standard InChI is InChI=1S/C18H18Cl2N2OS.CH3NO/c1-11-17(14-5-4-13(19)7-16(14)20)15(8-21)18(24-11)22-6-2-3-12(9-22)10-23;2-1-3/h4-5,7,12,23H,2-3,6,9-10H2,1H3;1H,(H2,2,3). The lowest BCUT2D eigenvalue weighted by molar-refractivity contribution is -0.106. The summed E-state index contributed by atoms with van der Waals surface area (Å²) in [5, 5.41) is 21.4. The van der Waals surface area contributed by atoms with E-state index in [2.05, 4.69) is 16.7 Å². The third kappa shape index (κ3) is 4.94. The van der Waals surface area contributed by atoms with Gasteiger partial charge in [-0.15, -0.1) is 11.3 Å². The van der Waals surface area contributed by atoms with Crippen molar-refractivity contribution in [1.29, 1.82) is 5.26 Å². The number of nitrogens with zero attached hydrogens (tertiary/aromatic N) is 2. The number of carbonyl (C=O) groups is 1. The molecule has 0 radical (unpaired) electrons. The smallest absolute Gasteiger partial charge is 0.204 e. The number of carbonyl (C=O) groups excluding carboxylic acids is 1. The van der Waals surface area contributed by atoms with E-state index in [1.165, 1.54) is 0 Å². The fraction of sp³-hybridized carbons (Fsp3) is 0.368. The van der Waals surface area contributed by atoms with Gasteiger partial charge in [0.15, 0.2) is 0 Å². The maximum Gasteiger partial charge on any atom is 0.204 e. The van der Waals surface area contributed by atoms with E-state index in [4.69, 9.17) is 28.0 Å². The summed E-state index contributed by atoms with van der Waals surface area (Å²) >= 11 is 14.0. The van der Waals surface area contributed by atoms with Crippen LogP contribution in [-0.4, -0.2) is 31.2 Å². The molecule has 1 aromatic carbocycles. The van der Waals surface area contributed by atoms with Crippen molar-refractivity contribution in [3.63, 3.8) is 0 Å². The van der Waals surface area contributed by atoms with Gasteiger partial charge in [-0.1, -0.05) is 29.3 Å². The second-order valence-corrected chi connectivity index (χ2v) is 8.27. The molecule has 1 fully saturated rings. The highest BCUT2D eigenvalue weighted by Gasteiger charge is 2.26. The van der Waals surface area contributed by atoms with Crippen LogP contribution >= 0.6 is 34.5 Å². The van der Waals surface area contributed by atoms with E-state index in [1.807, 2.05) is 13.0 Å². The number of aryl methyl sites for hydroxylation is 1. The summed E-state index contributed by atoms with van der Waals surface area (Å²) in [6.07, 6.45) is 2.32. The molecule has 1 atom stereocenters. The van der Waals surface area contributed by atoms with Gasteiger partial charge < -0.3 is 15.7 Å². The van der Waals surface area contributed by atoms with E-state index in [1.54, 1.807) is 23.5 Å². The average Bonchev–Trinajstić information content (AvgIpc) is 2.99. The van der Waals surface area contributed by atoms with Crippen LogP contribution < -0.4 is 10.6 Å². The highest BCUT2D eigenvalue weighted by Crippen LogP contribution is 2.44. The summed E-state index contributed by atoms with van der Waals surface area (Å²) in [5.74, 6) is 0.273. The lowest BCUT2D eigenvalue weighted by atomic mass is 9.98. The Morgan fingerprint density at radius 2 is 2.19 bits per heavy atom. The highest BCUT2D eigenvalue weighted by atomic mass is 35.5. The van der Waals surface area contributed by atoms with E-state index in [0.717, 1.165) is 46.9 Å². The largest absolute Gasteiger partial charge is 0.396 e. The van der Waals surface area contributed by atoms with Crippen LogP contribution in [0, 0.1) is 24.2 Å². The molecule has 5 nitrogen and oxygen atoms in total. The molecule has 0 bridgehead atoms. The first-order chi connectivity index (χ1) is 13.0. The second-order valence-electron chi connectivity index (χ2n) is 6.22. The number of anilines is 1. The number of halogens is 2. The first kappa shape index (κ1) is 21.5. The molecule has 3 rings (SSSR count). The van der Waals surface area contributed by atoms with Gasteiger partial charge in [-0.05, 0) is 37.8 Å². The summed E-state index contributed by atoms with van der Waals surface area (Å²) < 4.78 is 0. The minimum Gasteiger partial charge on any atom is -0.396 e. The molecule has 144 valence electrons. The molecule has 1 aliphatic rings. The topological polar surface area (TPSA) is 90.3 Å². The van der Waals surface area contributed by atoms with Crippen molar-refractivity contribution in [2.75, 3.05) is 24.6 Å². The van der Waals surface area contributed by atoms with E-state index < -0.39 is 0 Å². The minimum atomic E-state index is 0.193. The Labute approximate surface area is 172 Å². The van der Waals surface area contributed by atoms with Crippen LogP contribution in [0.2, 0.25) is 10.0 Å². The molecule has 0 saturated carbocycles. The summed E-state index contributed by atoms with van der Waals surface area (Å²) in [7, 11) is 0. The summed E-state index contributed by atoms with van der Waals surface area (Å²) in [5.41, 5.74) is 6.57. The first-order valence-corrected chi connectivity index (χ1v) is 10.0. The molecule has 0 spiro atoms. The predicted molar refractivity (Wildman–Crippen MR) is 112 cm³/mol. The van der Waals surface area contributed by atoms with Crippen molar-refractivity contribution in [2.24, 2.45) is 11.7 Å². The van der Waals surface area contributed by atoms with Gasteiger partial charge in [-0.25, -0.2) is 0 Å². The zero-order chi connectivity index (χ0) is 20.0. The number of rotatable bonds is 3. The molecule has 1 unspecified atom stereocenters. The highest BCUT2D eigenvalue weighted by molar-refractivity contribution is 7.16. The van der Waals surface area contributed by atoms with Crippen LogP contribution in [0.5, 0.6) is 0 Å². The molecule has 27 heavy (non-hydrogen) atoms. The van der Waals surface area contributed by atoms with E-state index in [-0.39, 0.29) is 18.9 Å². The van der Waals surface area contributed by atoms with Crippen molar-refractivity contribution >= 4 is 45.9 Å². The molecule has 3 N–H and O–H groups in total. The van der Waals surface area contributed by atoms with Crippen molar-refractivity contribution < 1.29 is 9.90 Å². The van der Waals surface area contributed by atoms with E-state index >= 15 is 0 Å². The zero-order valence-corrected chi connectivity index (χ0v) is 17.2. The number of nitriles is 1. The lowest BCUT2D eigenvalue weighted by Gasteiger charge is -2.32. The fourth-order valence-corrected chi connectivity index (χ4v) is 4.92. The van der Waals surface area contributed by atoms with Gasteiger partial charge >= 0.3 is 0 Å². The Balaban J connectivity index is 0.000000817. The average molecular weight is 426 g/mol. The van der Waals surface area contributed by atoms with Crippen LogP contribution in [0.3, 0.4) is 0 Å². The quantitative estimate of drug-likeness (QED) is 0.720. The minimum absolute atomic E-state index is 0.193. The Bertz CT molecular complexity index is 848. The number of hydrogen-bond acceptors (Lipinski definition) is 5. The molecular formula is C19H21Cl2N3O2S. The number of piperidine rings is 1. The number of hydrogen-bond donors (Lipinski definition) is 2. The molecule has 0 aliphatic carbocycles. The van der Waals surface area contributed by atoms with Crippen LogP contribution in [0.15, 0.2) is 18.2 Å². The van der Waals surface area contributed by atoms with Crippen LogP contribution in [0.25, 0.3) is 11.1 Å². The maximum atomic E-state index is 9.78. The van der Waals surface area contributed by atoms with Gasteiger partial charge in [0.2, 0.25) is 6.41 Å². The van der Waals surface area contributed by atoms with E-state index in [9.17, 15) is 10.4 Å². The van der Waals surface area contributed by atoms with Gasteiger partial charge in [0, 0.05) is 45.7 Å². The van der Waals surface area contributed by atoms with Gasteiger partial charge in [-0.3, -0.25) is 4.79 Å². The summed E-state index contributed by atoms with van der Waals surface area (Å²) in [6.45, 7) is 3.92. The molecular weight excluding hydrogens is 405 g/mol. The van der Waals surface area contributed by atoms with Gasteiger partial charge in [0.05, 0.1) is 5.56 Å². The predicted octanol–water partition coefficient (Wildman–Crippen LogP) is 4.21. The van der Waals surface area contributed by atoms with Gasteiger partial charge in [0.1, 0.15) is 11.1 Å². The van der Waals surface area contributed by atoms with Crippen molar-refractivity contribution in [2.45, 2.75) is 19.8 Å². The SMILES string of the molecule is Cc1sc(N2CCCC(CO)C2)c(C#N)c1-c1ccc(Cl)cc1Cl.NC=O. The Morgan fingerprint density at radius 3 is 2.78 bits per heavy atom. The summed E-state index contributed by atoms with van der Waals surface area (Å²) in [4.78, 5) is 11.9. The Kier molecular flexibility index (Phi) is 7.93. The zero-order valence-electron chi connectivity index (χ0n) is 14.9. The van der Waals surface area contributed by atoms with Crippen LogP contribution in [0.1, 0.15) is 23.3 Å². The number of aliphatic hydroxyl groups excluding tert-OH is 1. The third-order valence-electron chi connectivity index (χ3n) is 4.44. The van der Waals surface area contributed by atoms with Crippen molar-refractivity contribution in [3.8, 4) is 17.2 Å². The Morgan fingerprint density at radius 1 is 1.48 bits per heavy atom. The fourth-order valence-electron chi connectivity index (χ4n) is 3.27. The number of amides is 1. The lowest BCUT2D eigenvalue weighted by Crippen LogP contribution is -2.36. The Hall–Kier alpha value is -1.78. The number of thiophene rings is 1. The van der Waals surface area contributed by atoms with Crippen molar-refractivity contribution in [1.82, 2.24) is 0 Å². The second kappa shape index (κ2) is 9.95. The monoisotopic (exact) mass is 425 g/mol. The molecule has 2 aromatic rings. The molecule has 1 aliphatic heterocycles. The molecule has 1 amide bonds. The van der Waals surface area contributed by atoms with Gasteiger partial charge in [0.25, 0.3) is 0 Å². The number of primary amides is 1. The molecule has 1 saturated heterocycles. The third-order valence-corrected chi connectivity index (χ3v) is 6.16. The van der Waals surface area contributed by atoms with Gasteiger partial charge in [-0.2, -0.15) is 5.26 Å². The number of aliphatic hydroxyl groups is 1. The first-order valence-electron chi connectivity index (χ1n) is 8.46. The van der Waals surface area contributed by atoms with Crippen LogP contribution in [-0.2, 0) is 4.79 Å². The van der Waals surface area contributed by atoms with Crippen LogP contribution in [0.4, 0.5) is 5.00 Å². The maximum absolute atomic E-state index is 9.78. The summed E-state index contributed by atoms with van der Waals surface area (Å²) in [6, 6.07) is 7.74. The number of benzene rings is 1. The van der Waals surface area contributed by atoms with E-state index in [0.29, 0.717) is 15.6 Å². The molecule has 8 heteroatoms. The number of nitrogens with two attached hydrogens (primary N) is 1. The molecule has 1 aromatic heterocycles.